The molecule has 0 aliphatic carbocycles. The van der Waals surface area contributed by atoms with Crippen molar-refractivity contribution in [2.24, 2.45) is 0 Å². The summed E-state index contributed by atoms with van der Waals surface area (Å²) in [5.41, 5.74) is 3.08. The van der Waals surface area contributed by atoms with E-state index < -0.39 is 18.1 Å². The average molecular weight is 282 g/mol. The first-order valence-corrected chi connectivity index (χ1v) is 6.21. The number of anilines is 1. The fourth-order valence-corrected chi connectivity index (χ4v) is 2.38. The van der Waals surface area contributed by atoms with Gasteiger partial charge in [-0.05, 0) is 26.0 Å². The Balaban J connectivity index is 2.01. The molecule has 1 aromatic carbocycles. The summed E-state index contributed by atoms with van der Waals surface area (Å²) in [4.78, 5) is 11.8. The Bertz CT molecular complexity index is 576. The van der Waals surface area contributed by atoms with Crippen molar-refractivity contribution in [1.82, 2.24) is 5.43 Å². The summed E-state index contributed by atoms with van der Waals surface area (Å²) < 4.78 is 29.5. The predicted molar refractivity (Wildman–Crippen MR) is 67.7 cm³/mol. The molecule has 6 nitrogen and oxygen atoms in total. The Kier molecular flexibility index (Phi) is 2.84. The smallest absolute Gasteiger partial charge is 0.432 e. The van der Waals surface area contributed by atoms with Crippen LogP contribution in [0.3, 0.4) is 0 Å². The number of ether oxygens (including phenoxy) is 3. The van der Waals surface area contributed by atoms with Crippen molar-refractivity contribution in [2.45, 2.75) is 32.3 Å². The highest BCUT2D eigenvalue weighted by Gasteiger charge is 2.39. The van der Waals surface area contributed by atoms with Crippen LogP contribution >= 0.6 is 0 Å². The second kappa shape index (κ2) is 4.32. The van der Waals surface area contributed by atoms with Gasteiger partial charge in [0.25, 0.3) is 6.41 Å². The number of carbonyl (C=O) groups excluding carboxylic acids is 1. The van der Waals surface area contributed by atoms with Crippen LogP contribution in [0, 0.1) is 5.82 Å². The first-order valence-electron chi connectivity index (χ1n) is 6.21. The first-order chi connectivity index (χ1) is 9.41. The molecular weight excluding hydrogens is 267 g/mol. The zero-order valence-corrected chi connectivity index (χ0v) is 11.4. The van der Waals surface area contributed by atoms with Crippen LogP contribution in [0.5, 0.6) is 5.75 Å². The maximum atomic E-state index is 13.9. The lowest BCUT2D eigenvalue weighted by Crippen LogP contribution is -2.38. The minimum Gasteiger partial charge on any atom is -0.485 e. The number of benzene rings is 1. The zero-order valence-electron chi connectivity index (χ0n) is 11.4. The largest absolute Gasteiger partial charge is 0.485 e. The summed E-state index contributed by atoms with van der Waals surface area (Å²) in [6.45, 7) is 3.73. The van der Waals surface area contributed by atoms with E-state index in [2.05, 4.69) is 5.43 Å². The molecule has 2 aliphatic rings. The van der Waals surface area contributed by atoms with E-state index in [4.69, 9.17) is 14.2 Å². The highest BCUT2D eigenvalue weighted by molar-refractivity contribution is 5.90. The normalized spacial score (nSPS) is 23.5. The molecular formula is C13H15FN2O4. The number of halogens is 1. The van der Waals surface area contributed by atoms with Crippen LogP contribution in [0.25, 0.3) is 0 Å². The quantitative estimate of drug-likeness (QED) is 0.898. The molecule has 3 rings (SSSR count). The number of amides is 1. The van der Waals surface area contributed by atoms with Crippen LogP contribution in [0.4, 0.5) is 14.9 Å². The summed E-state index contributed by atoms with van der Waals surface area (Å²) in [6, 6.07) is 2.79. The number of methoxy groups -OCH3 is 1. The maximum Gasteiger partial charge on any atom is 0.432 e. The Hall–Kier alpha value is -1.86. The zero-order chi connectivity index (χ0) is 14.5. The van der Waals surface area contributed by atoms with Gasteiger partial charge < -0.3 is 14.2 Å². The number of fused-ring (bicyclic) bond motifs is 1. The molecule has 0 radical (unpaired) electrons. The van der Waals surface area contributed by atoms with E-state index in [-0.39, 0.29) is 5.82 Å². The van der Waals surface area contributed by atoms with Crippen molar-refractivity contribution in [3.05, 3.63) is 23.5 Å². The molecule has 1 atom stereocenters. The Morgan fingerprint density at radius 3 is 2.90 bits per heavy atom. The SMILES string of the molecule is COC1NN(c2ccc(F)c3c2OC(C)(C)C3)C(=O)O1. The minimum absolute atomic E-state index is 0.342. The van der Waals surface area contributed by atoms with E-state index in [1.54, 1.807) is 0 Å². The molecule has 0 bridgehead atoms. The Labute approximate surface area is 115 Å². The van der Waals surface area contributed by atoms with E-state index in [0.29, 0.717) is 23.4 Å². The lowest BCUT2D eigenvalue weighted by molar-refractivity contribution is -0.0722. The van der Waals surface area contributed by atoms with Gasteiger partial charge in [-0.15, -0.1) is 0 Å². The molecule has 1 N–H and O–H groups in total. The summed E-state index contributed by atoms with van der Waals surface area (Å²) in [6.07, 6.45) is -1.05. The lowest BCUT2D eigenvalue weighted by atomic mass is 10.0. The number of nitrogens with zero attached hydrogens (tertiary/aromatic N) is 1. The van der Waals surface area contributed by atoms with Gasteiger partial charge >= 0.3 is 6.09 Å². The van der Waals surface area contributed by atoms with E-state index in [0.717, 1.165) is 5.01 Å². The molecule has 1 saturated heterocycles. The van der Waals surface area contributed by atoms with E-state index in [1.807, 2.05) is 13.8 Å². The molecule has 2 heterocycles. The molecule has 0 spiro atoms. The van der Waals surface area contributed by atoms with Crippen LogP contribution in [0.15, 0.2) is 12.1 Å². The van der Waals surface area contributed by atoms with E-state index in [9.17, 15) is 9.18 Å². The third-order valence-corrected chi connectivity index (χ3v) is 3.24. The van der Waals surface area contributed by atoms with Crippen LogP contribution in [0.2, 0.25) is 0 Å². The lowest BCUT2D eigenvalue weighted by Gasteiger charge is -2.20. The van der Waals surface area contributed by atoms with Gasteiger partial charge in [0.2, 0.25) is 0 Å². The van der Waals surface area contributed by atoms with Crippen LogP contribution < -0.4 is 15.2 Å². The number of rotatable bonds is 2. The molecule has 1 fully saturated rings. The highest BCUT2D eigenvalue weighted by Crippen LogP contribution is 2.43. The molecule has 2 aliphatic heterocycles. The predicted octanol–water partition coefficient (Wildman–Crippen LogP) is 1.93. The van der Waals surface area contributed by atoms with Crippen LogP contribution in [-0.2, 0) is 15.9 Å². The fourth-order valence-electron chi connectivity index (χ4n) is 2.38. The van der Waals surface area contributed by atoms with Gasteiger partial charge in [-0.2, -0.15) is 5.43 Å². The van der Waals surface area contributed by atoms with E-state index in [1.165, 1.54) is 19.2 Å². The molecule has 1 aromatic rings. The number of hydrazine groups is 1. The average Bonchev–Trinajstić information content (AvgIpc) is 2.90. The third-order valence-electron chi connectivity index (χ3n) is 3.24. The summed E-state index contributed by atoms with van der Waals surface area (Å²) in [5, 5.41) is 1.16. The number of carbonyl (C=O) groups is 1. The number of nitrogens with one attached hydrogen (secondary N) is 1. The Morgan fingerprint density at radius 2 is 2.25 bits per heavy atom. The Morgan fingerprint density at radius 1 is 1.50 bits per heavy atom. The number of hydrogen-bond acceptors (Lipinski definition) is 5. The number of cyclic esters (lactones) is 1. The highest BCUT2D eigenvalue weighted by atomic mass is 19.1. The fraction of sp³-hybridized carbons (Fsp3) is 0.462. The molecule has 1 unspecified atom stereocenters. The van der Waals surface area contributed by atoms with Crippen molar-refractivity contribution in [3.63, 3.8) is 0 Å². The molecule has 20 heavy (non-hydrogen) atoms. The standard InChI is InChI=1S/C13H15FN2O4/c1-13(2)6-7-8(14)4-5-9(10(7)20-13)16-12(17)19-11(15-16)18-3/h4-5,11,15H,6H2,1-3H3. The maximum absolute atomic E-state index is 13.9. The summed E-state index contributed by atoms with van der Waals surface area (Å²) >= 11 is 0. The molecule has 7 heteroatoms. The summed E-state index contributed by atoms with van der Waals surface area (Å²) in [7, 11) is 1.41. The first kappa shape index (κ1) is 13.1. The van der Waals surface area contributed by atoms with Gasteiger partial charge in [0.15, 0.2) is 5.75 Å². The molecule has 1 amide bonds. The van der Waals surface area contributed by atoms with Crippen molar-refractivity contribution in [1.29, 1.82) is 0 Å². The number of hydrogen-bond donors (Lipinski definition) is 1. The molecule has 108 valence electrons. The van der Waals surface area contributed by atoms with Crippen molar-refractivity contribution < 1.29 is 23.4 Å². The topological polar surface area (TPSA) is 60.0 Å². The van der Waals surface area contributed by atoms with Gasteiger partial charge in [0, 0.05) is 19.1 Å². The minimum atomic E-state index is -0.863. The van der Waals surface area contributed by atoms with Crippen LogP contribution in [0.1, 0.15) is 19.4 Å². The van der Waals surface area contributed by atoms with Crippen LogP contribution in [-0.4, -0.2) is 25.2 Å². The molecule has 0 aromatic heterocycles. The monoisotopic (exact) mass is 282 g/mol. The van der Waals surface area contributed by atoms with Gasteiger partial charge in [0.1, 0.15) is 17.1 Å². The van der Waals surface area contributed by atoms with Gasteiger partial charge in [-0.1, -0.05) is 0 Å². The van der Waals surface area contributed by atoms with Crippen molar-refractivity contribution >= 4 is 11.8 Å². The third kappa shape index (κ3) is 1.99. The summed E-state index contributed by atoms with van der Waals surface area (Å²) in [5.74, 6) is 0.0152. The van der Waals surface area contributed by atoms with Crippen molar-refractivity contribution in [3.8, 4) is 5.75 Å². The van der Waals surface area contributed by atoms with Gasteiger partial charge in [0.05, 0.1) is 0 Å². The molecule has 0 saturated carbocycles. The van der Waals surface area contributed by atoms with Gasteiger partial charge in [-0.25, -0.2) is 14.2 Å². The van der Waals surface area contributed by atoms with E-state index >= 15 is 0 Å². The second-order valence-electron chi connectivity index (χ2n) is 5.33. The second-order valence-corrected chi connectivity index (χ2v) is 5.33. The van der Waals surface area contributed by atoms with Crippen molar-refractivity contribution in [2.75, 3.05) is 12.1 Å². The van der Waals surface area contributed by atoms with Gasteiger partial charge in [-0.3, -0.25) is 0 Å².